The van der Waals surface area contributed by atoms with E-state index in [0.717, 1.165) is 89.8 Å². The predicted octanol–water partition coefficient (Wildman–Crippen LogP) is 0.553. The van der Waals surface area contributed by atoms with Crippen LogP contribution in [0.1, 0.15) is 81.8 Å². The minimum atomic E-state index is -0.345. The molecular weight excluding hydrogens is 759 g/mol. The van der Waals surface area contributed by atoms with Crippen LogP contribution in [0.2, 0.25) is 0 Å². The van der Waals surface area contributed by atoms with E-state index in [-0.39, 0.29) is 16.9 Å². The number of amides is 1. The van der Waals surface area contributed by atoms with Crippen LogP contribution in [0.3, 0.4) is 0 Å². The molecule has 1 spiro atoms. The van der Waals surface area contributed by atoms with Crippen molar-refractivity contribution in [1.82, 2.24) is 5.32 Å². The zero-order valence-electron chi connectivity index (χ0n) is 37.5. The van der Waals surface area contributed by atoms with Crippen molar-refractivity contribution in [2.24, 2.45) is 0 Å². The highest BCUT2D eigenvalue weighted by molar-refractivity contribution is 5.93. The lowest BCUT2D eigenvalue weighted by atomic mass is 9.70. The number of nitrogens with zero attached hydrogens (tertiary/aromatic N) is 1. The number of anilines is 1. The highest BCUT2D eigenvalue weighted by Gasteiger charge is 2.50. The highest BCUT2D eigenvalue weighted by atomic mass is 16.5. The van der Waals surface area contributed by atoms with Gasteiger partial charge in [0, 0.05) is 37.3 Å². The lowest BCUT2D eigenvalue weighted by molar-refractivity contribution is -0.862. The standard InChI is InChI=1S/C14H19N3O.C14H19NO.C12H17N.C6H13N.C5H11NO/c1-16-9-7-14(8-10-16)13(18)15-11-17(14)12-5-3-2-4-6-12;1-12(16)14(8-10-15(2)11-9-14)13-6-4-3-5-7-13;1-13-9-5-8-12(10-13)11-6-3-2-4-7-11;1-7-5-3-2-4-6-7;1-6-2-4-7-5-3-6/h2-6,16H,1,7-11H2,(H,15,18);3-7,15H,2,8-11H2,1H3;2-4,6-7,12-13H,1,5,8-10H2;7H,1-6H2;6H,1-5H2. The van der Waals surface area contributed by atoms with Crippen molar-refractivity contribution >= 4 is 17.4 Å². The summed E-state index contributed by atoms with van der Waals surface area (Å²) in [5, 5.41) is 3.00. The Bertz CT molecular complexity index is 1650. The number of hydrogen-bond donors (Lipinski definition) is 6. The van der Waals surface area contributed by atoms with Gasteiger partial charge in [-0.3, -0.25) is 9.59 Å². The van der Waals surface area contributed by atoms with Gasteiger partial charge in [0.1, 0.15) is 11.3 Å². The molecule has 0 radical (unpaired) electrons. The van der Waals surface area contributed by atoms with Crippen LogP contribution in [0.25, 0.3) is 0 Å². The third-order valence-electron chi connectivity index (χ3n) is 13.6. The lowest BCUT2D eigenvalue weighted by Crippen LogP contribution is -3.09. The molecule has 0 aromatic heterocycles. The molecule has 3 aromatic carbocycles. The Hall–Kier alpha value is -3.64. The van der Waals surface area contributed by atoms with Crippen molar-refractivity contribution in [2.75, 3.05) is 90.2 Å². The number of para-hydroxylation sites is 1. The van der Waals surface area contributed by atoms with Gasteiger partial charge in [0.25, 0.3) is 0 Å². The van der Waals surface area contributed by atoms with Crippen LogP contribution < -0.4 is 34.7 Å². The molecule has 2 unspecified atom stereocenters. The van der Waals surface area contributed by atoms with E-state index < -0.39 is 0 Å². The predicted molar refractivity (Wildman–Crippen MR) is 245 cm³/mol. The first-order valence-electron chi connectivity index (χ1n) is 23.2. The summed E-state index contributed by atoms with van der Waals surface area (Å²) in [6.45, 7) is 15.2. The minimum Gasteiger partial charge on any atom is -0.468 e. The number of ether oxygens (including phenoxy) is 1. The molecule has 61 heavy (non-hydrogen) atoms. The molecule has 10 heteroatoms. The largest absolute Gasteiger partial charge is 0.468 e. The molecule has 6 fully saturated rings. The summed E-state index contributed by atoms with van der Waals surface area (Å²) < 4.78 is 5.08. The van der Waals surface area contributed by atoms with E-state index in [1.54, 1.807) is 6.92 Å². The first-order valence-corrected chi connectivity index (χ1v) is 23.2. The molecule has 0 saturated carbocycles. The summed E-state index contributed by atoms with van der Waals surface area (Å²) in [5.74, 6) is 1.22. The lowest BCUT2D eigenvalue weighted by Gasteiger charge is -2.42. The second-order valence-electron chi connectivity index (χ2n) is 18.1. The van der Waals surface area contributed by atoms with Gasteiger partial charge in [-0.25, -0.2) is 0 Å². The van der Waals surface area contributed by atoms with Crippen LogP contribution in [0.15, 0.2) is 91.0 Å². The number of hydrogen-bond acceptors (Lipinski definition) is 4. The third kappa shape index (κ3) is 14.4. The van der Waals surface area contributed by atoms with E-state index in [9.17, 15) is 9.59 Å². The smallest absolute Gasteiger partial charge is 0.247 e. The summed E-state index contributed by atoms with van der Waals surface area (Å²) >= 11 is 0. The van der Waals surface area contributed by atoms with E-state index >= 15 is 0 Å². The van der Waals surface area contributed by atoms with E-state index in [1.807, 2.05) is 36.4 Å². The number of ketones is 1. The Morgan fingerprint density at radius 2 is 1.11 bits per heavy atom. The average molecular weight is 838 g/mol. The van der Waals surface area contributed by atoms with Crippen LogP contribution in [0, 0.1) is 35.2 Å². The van der Waals surface area contributed by atoms with Gasteiger partial charge in [0.2, 0.25) is 5.91 Å². The molecule has 336 valence electrons. The Morgan fingerprint density at radius 1 is 0.623 bits per heavy atom. The van der Waals surface area contributed by atoms with Crippen LogP contribution in [-0.2, 0) is 19.7 Å². The Labute approximate surface area is 369 Å². The summed E-state index contributed by atoms with van der Waals surface area (Å²) in [7, 11) is 19.9. The Morgan fingerprint density at radius 3 is 1.61 bits per heavy atom. The van der Waals surface area contributed by atoms with Crippen LogP contribution in [0.5, 0.6) is 0 Å². The maximum Gasteiger partial charge on any atom is 0.247 e. The van der Waals surface area contributed by atoms with Gasteiger partial charge in [-0.15, -0.1) is 0 Å². The van der Waals surface area contributed by atoms with Crippen molar-refractivity contribution in [3.05, 3.63) is 137 Å². The summed E-state index contributed by atoms with van der Waals surface area (Å²) in [6, 6.07) is 31.2. The van der Waals surface area contributed by atoms with Crippen LogP contribution in [-0.4, -0.2) is 103 Å². The monoisotopic (exact) mass is 838 g/mol. The minimum absolute atomic E-state index is 0.179. The molecule has 10 nitrogen and oxygen atoms in total. The molecule has 6 aliphatic heterocycles. The van der Waals surface area contributed by atoms with Crippen molar-refractivity contribution in [1.29, 1.82) is 0 Å². The molecule has 6 heterocycles. The fraction of sp³-hybridized carbons (Fsp3) is 0.510. The number of carbonyl (C=O) groups excluding carboxylic acids is 2. The number of carbonyl (C=O) groups is 2. The van der Waals surface area contributed by atoms with Crippen LogP contribution >= 0.6 is 0 Å². The maximum atomic E-state index is 12.3. The molecule has 0 aliphatic carbocycles. The molecule has 6 aliphatic rings. The van der Waals surface area contributed by atoms with Gasteiger partial charge in [-0.1, -0.05) is 78.9 Å². The summed E-state index contributed by atoms with van der Waals surface area (Å²) in [5.41, 5.74) is 3.20. The van der Waals surface area contributed by atoms with Gasteiger partial charge in [0.05, 0.1) is 90.7 Å². The molecule has 6 saturated heterocycles. The quantitative estimate of drug-likeness (QED) is 0.218. The van der Waals surface area contributed by atoms with Gasteiger partial charge >= 0.3 is 0 Å². The van der Waals surface area contributed by atoms with Crippen LogP contribution in [0.4, 0.5) is 5.69 Å². The maximum absolute atomic E-state index is 12.3. The van der Waals surface area contributed by atoms with E-state index in [2.05, 4.69) is 100 Å². The number of nitrogens with one attached hydrogen (secondary N) is 6. The molecule has 0 bridgehead atoms. The SMILES string of the molecule is [CH2-][NH+]1CCC(C(C)=O)(c2ccccc2)CC1.[CH2-][NH+]1CCC2(CC1)C(=O)NCN2c1ccccc1.[CH2-][NH+]1CCCC(c2ccccc2)C1.[CH2-][NH+]1CCCCC1.[CH2-][NH+]1CCOCC1. The number of quaternary nitrogens is 5. The van der Waals surface area contributed by atoms with Crippen molar-refractivity contribution < 1.29 is 38.8 Å². The van der Waals surface area contributed by atoms with E-state index in [4.69, 9.17) is 4.74 Å². The molecule has 1 amide bonds. The van der Waals surface area contributed by atoms with Gasteiger partial charge < -0.3 is 39.5 Å². The fourth-order valence-corrected chi connectivity index (χ4v) is 9.55. The average Bonchev–Trinajstić information content (AvgIpc) is 3.61. The fourth-order valence-electron chi connectivity index (χ4n) is 9.55. The highest BCUT2D eigenvalue weighted by Crippen LogP contribution is 2.34. The Kier molecular flexibility index (Phi) is 19.7. The molecule has 3 aromatic rings. The number of likely N-dealkylation sites (tertiary alicyclic amines) is 4. The summed E-state index contributed by atoms with van der Waals surface area (Å²) in [4.78, 5) is 33.3. The Balaban J connectivity index is 0.000000151. The third-order valence-corrected chi connectivity index (χ3v) is 13.6. The second-order valence-corrected chi connectivity index (χ2v) is 18.1. The second kappa shape index (κ2) is 24.9. The first-order chi connectivity index (χ1) is 29.5. The molecule has 6 N–H and O–H groups in total. The van der Waals surface area contributed by atoms with Gasteiger partial charge in [0.15, 0.2) is 0 Å². The van der Waals surface area contributed by atoms with Gasteiger partial charge in [-0.2, -0.15) is 35.2 Å². The summed E-state index contributed by atoms with van der Waals surface area (Å²) in [6.07, 6.45) is 10.5. The number of morpholine rings is 1. The van der Waals surface area contributed by atoms with Gasteiger partial charge in [-0.05, 0) is 62.3 Å². The van der Waals surface area contributed by atoms with Crippen molar-refractivity contribution in [3.63, 3.8) is 0 Å². The molecule has 9 rings (SSSR count). The van der Waals surface area contributed by atoms with E-state index in [0.29, 0.717) is 12.5 Å². The zero-order chi connectivity index (χ0) is 43.5. The molecular formula is C51H79N7O3. The number of piperidine rings is 4. The number of benzene rings is 3. The first kappa shape index (κ1) is 48.4. The number of Topliss-reactive ketones (excluding diaryl/α,β-unsaturated/α-hetero) is 1. The van der Waals surface area contributed by atoms with Crippen molar-refractivity contribution in [2.45, 2.75) is 81.6 Å². The zero-order valence-corrected chi connectivity index (χ0v) is 37.5. The topological polar surface area (TPSA) is 80.8 Å². The number of rotatable bonds is 4. The van der Waals surface area contributed by atoms with E-state index in [1.165, 1.54) is 93.9 Å². The normalized spacial score (nSPS) is 29.1. The van der Waals surface area contributed by atoms with Crippen molar-refractivity contribution in [3.8, 4) is 0 Å². The molecule has 2 atom stereocenters.